The summed E-state index contributed by atoms with van der Waals surface area (Å²) in [7, 11) is 0. The first-order chi connectivity index (χ1) is 16.0. The van der Waals surface area contributed by atoms with Crippen molar-refractivity contribution < 1.29 is 5.11 Å². The summed E-state index contributed by atoms with van der Waals surface area (Å²) in [5, 5.41) is 11.0. The van der Waals surface area contributed by atoms with Gasteiger partial charge in [-0.05, 0) is 46.7 Å². The van der Waals surface area contributed by atoms with Gasteiger partial charge in [-0.15, -0.1) is 0 Å². The molecule has 1 aromatic heterocycles. The minimum atomic E-state index is 0.234. The van der Waals surface area contributed by atoms with E-state index in [1.54, 1.807) is 0 Å². The van der Waals surface area contributed by atoms with Crippen molar-refractivity contribution in [2.75, 3.05) is 0 Å². The van der Waals surface area contributed by atoms with Gasteiger partial charge < -0.3 is 5.11 Å². The van der Waals surface area contributed by atoms with Crippen LogP contribution in [-0.4, -0.2) is 16.3 Å². The minimum Gasteiger partial charge on any atom is -0.507 e. The molecule has 1 heterocycles. The van der Waals surface area contributed by atoms with E-state index in [1.807, 2.05) is 72.9 Å². The molecule has 4 aromatic rings. The molecule has 0 aliphatic rings. The predicted molar refractivity (Wildman–Crippen MR) is 139 cm³/mol. The van der Waals surface area contributed by atoms with Crippen LogP contribution in [0.4, 0.5) is 5.69 Å². The van der Waals surface area contributed by atoms with Gasteiger partial charge in [-0.1, -0.05) is 94.4 Å². The van der Waals surface area contributed by atoms with Crippen LogP contribution in [0.1, 0.15) is 56.4 Å². The predicted octanol–water partition coefficient (Wildman–Crippen LogP) is 8.12. The highest BCUT2D eigenvalue weighted by Crippen LogP contribution is 2.37. The first kappa shape index (κ1) is 22.5. The molecule has 0 fully saturated rings. The number of hydrogen-bond donors (Lipinski definition) is 1. The maximum Gasteiger partial charge on any atom is 0.132 e. The quantitative estimate of drug-likeness (QED) is 0.311. The smallest absolute Gasteiger partial charge is 0.132 e. The molecule has 3 aromatic carbocycles. The first-order valence-electron chi connectivity index (χ1n) is 11.5. The molecular weight excluding hydrogens is 404 g/mol. The molecule has 3 heteroatoms. The molecule has 0 aliphatic heterocycles. The molecule has 0 amide bonds. The summed E-state index contributed by atoms with van der Waals surface area (Å²) in [4.78, 5) is 9.68. The Bertz CT molecular complexity index is 1250. The van der Waals surface area contributed by atoms with Crippen molar-refractivity contribution >= 4 is 11.9 Å². The van der Waals surface area contributed by atoms with Gasteiger partial charge in [0.1, 0.15) is 5.75 Å². The second-order valence-corrected chi connectivity index (χ2v) is 8.87. The molecule has 0 bridgehead atoms. The number of aromatic nitrogens is 1. The lowest BCUT2D eigenvalue weighted by Gasteiger charge is -2.16. The molecule has 0 saturated heterocycles. The van der Waals surface area contributed by atoms with Crippen LogP contribution in [0.15, 0.2) is 89.9 Å². The normalized spacial score (nSPS) is 11.6. The molecule has 0 unspecified atom stereocenters. The minimum absolute atomic E-state index is 0.234. The van der Waals surface area contributed by atoms with E-state index in [-0.39, 0.29) is 5.75 Å². The Hall–Kier alpha value is -3.72. The molecule has 4 rings (SSSR count). The highest BCUT2D eigenvalue weighted by Gasteiger charge is 2.14. The van der Waals surface area contributed by atoms with Crippen molar-refractivity contribution in [3.05, 3.63) is 102 Å². The van der Waals surface area contributed by atoms with Crippen molar-refractivity contribution in [3.8, 4) is 28.1 Å². The molecule has 0 saturated carbocycles. The maximum absolute atomic E-state index is 11.0. The van der Waals surface area contributed by atoms with Gasteiger partial charge >= 0.3 is 0 Å². The summed E-state index contributed by atoms with van der Waals surface area (Å²) in [6.45, 7) is 8.78. The van der Waals surface area contributed by atoms with Crippen LogP contribution in [-0.2, 0) is 0 Å². The lowest BCUT2D eigenvalue weighted by molar-refractivity contribution is 0.479. The van der Waals surface area contributed by atoms with Gasteiger partial charge in [-0.3, -0.25) is 4.99 Å². The number of aromatic hydroxyl groups is 1. The van der Waals surface area contributed by atoms with Crippen LogP contribution in [0, 0.1) is 0 Å². The highest BCUT2D eigenvalue weighted by atomic mass is 16.3. The number of para-hydroxylation sites is 2. The zero-order chi connectivity index (χ0) is 23.4. The Balaban J connectivity index is 1.72. The summed E-state index contributed by atoms with van der Waals surface area (Å²) < 4.78 is 0. The van der Waals surface area contributed by atoms with E-state index in [1.165, 1.54) is 11.1 Å². The number of nitrogens with zero attached hydrogens (tertiary/aromatic N) is 2. The zero-order valence-electron chi connectivity index (χ0n) is 19.7. The summed E-state index contributed by atoms with van der Waals surface area (Å²) in [6, 6.07) is 27.9. The molecule has 1 N–H and O–H groups in total. The van der Waals surface area contributed by atoms with E-state index in [0.29, 0.717) is 17.4 Å². The number of phenols is 1. The van der Waals surface area contributed by atoms with Gasteiger partial charge in [0, 0.05) is 11.1 Å². The lowest BCUT2D eigenvalue weighted by atomic mass is 9.93. The van der Waals surface area contributed by atoms with Crippen LogP contribution in [0.25, 0.3) is 22.4 Å². The molecule has 0 aliphatic carbocycles. The average molecular weight is 435 g/mol. The highest BCUT2D eigenvalue weighted by molar-refractivity contribution is 5.84. The van der Waals surface area contributed by atoms with Gasteiger partial charge in [0.2, 0.25) is 0 Å². The third-order valence-corrected chi connectivity index (χ3v) is 5.84. The van der Waals surface area contributed by atoms with Gasteiger partial charge in [0.15, 0.2) is 0 Å². The van der Waals surface area contributed by atoms with Gasteiger partial charge in [-0.2, -0.15) is 0 Å². The van der Waals surface area contributed by atoms with Crippen molar-refractivity contribution in [2.24, 2.45) is 4.99 Å². The second-order valence-electron chi connectivity index (χ2n) is 8.87. The second kappa shape index (κ2) is 9.83. The van der Waals surface area contributed by atoms with E-state index < -0.39 is 0 Å². The molecule has 0 spiro atoms. The Morgan fingerprint density at radius 2 is 1.30 bits per heavy atom. The third-order valence-electron chi connectivity index (χ3n) is 5.84. The zero-order valence-corrected chi connectivity index (χ0v) is 19.7. The fourth-order valence-electron chi connectivity index (χ4n) is 4.07. The van der Waals surface area contributed by atoms with Crippen LogP contribution < -0.4 is 0 Å². The Kier molecular flexibility index (Phi) is 6.69. The van der Waals surface area contributed by atoms with E-state index in [0.717, 1.165) is 28.2 Å². The summed E-state index contributed by atoms with van der Waals surface area (Å²) >= 11 is 0. The van der Waals surface area contributed by atoms with Crippen LogP contribution in [0.5, 0.6) is 5.75 Å². The van der Waals surface area contributed by atoms with E-state index in [9.17, 15) is 5.11 Å². The molecule has 0 radical (unpaired) electrons. The lowest BCUT2D eigenvalue weighted by Crippen LogP contribution is -1.96. The number of phenolic OH excluding ortho intramolecular Hbond substituents is 1. The first-order valence-corrected chi connectivity index (χ1v) is 11.5. The molecule has 3 nitrogen and oxygen atoms in total. The number of aliphatic imine (C=N–C) groups is 1. The number of hydrogen-bond acceptors (Lipinski definition) is 3. The van der Waals surface area contributed by atoms with Crippen LogP contribution in [0.2, 0.25) is 0 Å². The molecule has 33 heavy (non-hydrogen) atoms. The monoisotopic (exact) mass is 434 g/mol. The Morgan fingerprint density at radius 1 is 0.697 bits per heavy atom. The Labute approximate surface area is 196 Å². The number of rotatable bonds is 6. The van der Waals surface area contributed by atoms with E-state index in [2.05, 4.69) is 45.9 Å². The average Bonchev–Trinajstić information content (AvgIpc) is 2.83. The van der Waals surface area contributed by atoms with Crippen molar-refractivity contribution in [1.82, 2.24) is 4.98 Å². The maximum atomic E-state index is 11.0. The van der Waals surface area contributed by atoms with Gasteiger partial charge in [0.05, 0.1) is 23.3 Å². The van der Waals surface area contributed by atoms with Gasteiger partial charge in [-0.25, -0.2) is 4.98 Å². The SMILES string of the molecule is CC(C)c1cccc(C(C)C)c1N=Cc1cccc(-c2cccc(-c3ccccc3)c2O)n1. The molecule has 0 atom stereocenters. The van der Waals surface area contributed by atoms with Crippen molar-refractivity contribution in [2.45, 2.75) is 39.5 Å². The summed E-state index contributed by atoms with van der Waals surface area (Å²) in [5.41, 5.74) is 7.45. The van der Waals surface area contributed by atoms with Crippen molar-refractivity contribution in [1.29, 1.82) is 0 Å². The van der Waals surface area contributed by atoms with E-state index >= 15 is 0 Å². The van der Waals surface area contributed by atoms with E-state index in [4.69, 9.17) is 9.98 Å². The molecular formula is C30H30N2O. The van der Waals surface area contributed by atoms with Crippen LogP contribution in [0.3, 0.4) is 0 Å². The Morgan fingerprint density at radius 3 is 1.97 bits per heavy atom. The summed E-state index contributed by atoms with van der Waals surface area (Å²) in [5.74, 6) is 0.998. The number of pyridine rings is 1. The fourth-order valence-corrected chi connectivity index (χ4v) is 4.07. The van der Waals surface area contributed by atoms with Crippen LogP contribution >= 0.6 is 0 Å². The fraction of sp³-hybridized carbons (Fsp3) is 0.200. The topological polar surface area (TPSA) is 45.5 Å². The largest absolute Gasteiger partial charge is 0.507 e. The van der Waals surface area contributed by atoms with Crippen molar-refractivity contribution in [3.63, 3.8) is 0 Å². The number of benzene rings is 3. The van der Waals surface area contributed by atoms with Gasteiger partial charge in [0.25, 0.3) is 0 Å². The third kappa shape index (κ3) is 4.88. The molecule has 166 valence electrons. The summed E-state index contributed by atoms with van der Waals surface area (Å²) in [6.07, 6.45) is 1.83. The standard InChI is InChI=1S/C30H30N2O/c1-20(2)24-14-9-15-25(21(3)4)29(24)31-19-23-13-8-18-28(32-23)27-17-10-16-26(30(27)33)22-11-6-5-7-12-22/h5-21,33H,1-4H3.